The Hall–Kier alpha value is -1.40. The van der Waals surface area contributed by atoms with Crippen LogP contribution in [0.1, 0.15) is 6.42 Å². The van der Waals surface area contributed by atoms with Crippen molar-refractivity contribution in [3.8, 4) is 0 Å². The van der Waals surface area contributed by atoms with E-state index in [4.69, 9.17) is 0 Å². The highest BCUT2D eigenvalue weighted by Crippen LogP contribution is 2.46. The minimum absolute atomic E-state index is 0.738. The fourth-order valence-corrected chi connectivity index (χ4v) is 0.922. The summed E-state index contributed by atoms with van der Waals surface area (Å²) in [6, 6.07) is 0. The van der Waals surface area contributed by atoms with Crippen LogP contribution in [0.4, 0.5) is 39.5 Å². The van der Waals surface area contributed by atoms with Crippen LogP contribution in [-0.2, 0) is 19.1 Å². The van der Waals surface area contributed by atoms with Crippen molar-refractivity contribution in [2.75, 3.05) is 13.2 Å². The molecule has 0 fully saturated rings. The second-order valence-electron chi connectivity index (χ2n) is 3.77. The fraction of sp³-hybridized carbons (Fsp3) is 0.778. The molecule has 0 aliphatic heterocycles. The van der Waals surface area contributed by atoms with Gasteiger partial charge in [0.05, 0.1) is 13.2 Å². The van der Waals surface area contributed by atoms with Crippen molar-refractivity contribution in [2.24, 2.45) is 0 Å². The van der Waals surface area contributed by atoms with E-state index < -0.39 is 55.0 Å². The largest absolute Gasteiger partial charge is 0.461 e. The van der Waals surface area contributed by atoms with Crippen LogP contribution >= 0.6 is 11.6 Å². The molecule has 0 aromatic heterocycles. The number of hydrogen-bond donors (Lipinski definition) is 0. The molecule has 0 amide bonds. The van der Waals surface area contributed by atoms with E-state index in [0.29, 0.717) is 0 Å². The monoisotopic (exact) mass is 384 g/mol. The third kappa shape index (κ3) is 5.32. The van der Waals surface area contributed by atoms with E-state index in [2.05, 4.69) is 21.1 Å². The van der Waals surface area contributed by atoms with E-state index in [1.54, 1.807) is 0 Å². The number of halogens is 10. The van der Waals surface area contributed by atoms with Gasteiger partial charge in [0.25, 0.3) is 0 Å². The van der Waals surface area contributed by atoms with E-state index in [-0.39, 0.29) is 0 Å². The van der Waals surface area contributed by atoms with Gasteiger partial charge in [-0.2, -0.15) is 39.5 Å². The summed E-state index contributed by atoms with van der Waals surface area (Å²) >= 11 is 4.22. The first kappa shape index (κ1) is 21.6. The van der Waals surface area contributed by atoms with Crippen molar-refractivity contribution in [1.29, 1.82) is 0 Å². The molecule has 0 aromatic rings. The Labute approximate surface area is 126 Å². The quantitative estimate of drug-likeness (QED) is 0.293. The summed E-state index contributed by atoms with van der Waals surface area (Å²) in [5.74, 6) is -18.3. The number of alkyl halides is 10. The number of rotatable bonds is 7. The highest BCUT2D eigenvalue weighted by molar-refractivity contribution is 6.31. The number of ether oxygens (including phenoxy) is 2. The van der Waals surface area contributed by atoms with Crippen LogP contribution in [0.2, 0.25) is 0 Å². The smallest absolute Gasteiger partial charge is 0.460 e. The summed E-state index contributed by atoms with van der Waals surface area (Å²) in [5.41, 5.74) is 0. The van der Waals surface area contributed by atoms with Crippen LogP contribution in [0.15, 0.2) is 0 Å². The van der Waals surface area contributed by atoms with E-state index in [1.807, 2.05) is 0 Å². The first-order valence-corrected chi connectivity index (χ1v) is 5.66. The second kappa shape index (κ2) is 7.01. The Morgan fingerprint density at radius 1 is 0.783 bits per heavy atom. The van der Waals surface area contributed by atoms with Crippen molar-refractivity contribution < 1.29 is 58.6 Å². The highest BCUT2D eigenvalue weighted by Gasteiger charge is 2.77. The number of carbonyl (C=O) groups is 2. The van der Waals surface area contributed by atoms with Gasteiger partial charge in [0.15, 0.2) is 0 Å². The van der Waals surface area contributed by atoms with Crippen molar-refractivity contribution in [3.05, 3.63) is 0 Å². The van der Waals surface area contributed by atoms with Gasteiger partial charge in [0.1, 0.15) is 0 Å². The molecule has 0 spiro atoms. The van der Waals surface area contributed by atoms with Gasteiger partial charge in [-0.25, -0.2) is 9.59 Å². The molecular weight excluding hydrogens is 379 g/mol. The first-order chi connectivity index (χ1) is 10.0. The van der Waals surface area contributed by atoms with Crippen molar-refractivity contribution in [1.82, 2.24) is 0 Å². The predicted octanol–water partition coefficient (Wildman–Crippen LogP) is 3.13. The standard InChI is InChI=1S/C9H6ClF9O4/c10-7(13,14)5(21)23-3-1-2-22-4(20)6(11,12)8(15,16)9(17,18)19/h1-3H2. The molecule has 14 heteroatoms. The summed E-state index contributed by atoms with van der Waals surface area (Å²) in [7, 11) is 0. The van der Waals surface area contributed by atoms with Gasteiger partial charge in [0, 0.05) is 6.42 Å². The van der Waals surface area contributed by atoms with Crippen LogP contribution in [-0.4, -0.2) is 48.6 Å². The molecule has 0 bridgehead atoms. The summed E-state index contributed by atoms with van der Waals surface area (Å²) in [5, 5.41) is -4.38. The number of esters is 2. The normalized spacial score (nSPS) is 13.7. The lowest BCUT2D eigenvalue weighted by atomic mass is 10.1. The lowest BCUT2D eigenvalue weighted by Crippen LogP contribution is -2.56. The summed E-state index contributed by atoms with van der Waals surface area (Å²) in [4.78, 5) is 21.0. The van der Waals surface area contributed by atoms with Crippen LogP contribution in [0.5, 0.6) is 0 Å². The summed E-state index contributed by atoms with van der Waals surface area (Å²) < 4.78 is 117. The molecule has 4 nitrogen and oxygen atoms in total. The highest BCUT2D eigenvalue weighted by atomic mass is 35.5. The van der Waals surface area contributed by atoms with Gasteiger partial charge < -0.3 is 9.47 Å². The van der Waals surface area contributed by atoms with Gasteiger partial charge in [-0.3, -0.25) is 0 Å². The molecule has 0 rings (SSSR count). The average molecular weight is 385 g/mol. The fourth-order valence-electron chi connectivity index (χ4n) is 0.867. The van der Waals surface area contributed by atoms with Crippen LogP contribution in [0.3, 0.4) is 0 Å². The van der Waals surface area contributed by atoms with E-state index >= 15 is 0 Å². The second-order valence-corrected chi connectivity index (χ2v) is 4.24. The molecule has 0 unspecified atom stereocenters. The molecule has 0 atom stereocenters. The first-order valence-electron chi connectivity index (χ1n) is 5.28. The lowest BCUT2D eigenvalue weighted by molar-refractivity contribution is -0.348. The zero-order valence-electron chi connectivity index (χ0n) is 10.5. The molecule has 0 heterocycles. The van der Waals surface area contributed by atoms with Crippen molar-refractivity contribution in [2.45, 2.75) is 29.8 Å². The molecule has 0 aromatic carbocycles. The Kier molecular flexibility index (Phi) is 6.58. The molecular formula is C9H6ClF9O4. The third-order valence-corrected chi connectivity index (χ3v) is 2.15. The van der Waals surface area contributed by atoms with Crippen molar-refractivity contribution in [3.63, 3.8) is 0 Å². The molecule has 0 radical (unpaired) electrons. The Morgan fingerprint density at radius 3 is 1.52 bits per heavy atom. The van der Waals surface area contributed by atoms with Crippen LogP contribution in [0, 0.1) is 0 Å². The topological polar surface area (TPSA) is 52.6 Å². The zero-order chi connectivity index (χ0) is 18.7. The molecule has 0 saturated carbocycles. The Bertz CT molecular complexity index is 443. The third-order valence-electron chi connectivity index (χ3n) is 1.99. The van der Waals surface area contributed by atoms with Gasteiger partial charge in [-0.1, -0.05) is 0 Å². The molecule has 0 saturated heterocycles. The summed E-state index contributed by atoms with van der Waals surface area (Å²) in [6.07, 6.45) is -7.45. The van der Waals surface area contributed by atoms with E-state index in [0.717, 1.165) is 0 Å². The SMILES string of the molecule is O=C(OCCCOC(=O)C(F)(F)C(F)(F)C(F)(F)F)C(F)(F)Cl. The molecule has 0 aliphatic carbocycles. The van der Waals surface area contributed by atoms with Crippen LogP contribution < -0.4 is 0 Å². The molecule has 0 N–H and O–H groups in total. The summed E-state index contributed by atoms with van der Waals surface area (Å²) in [6.45, 7) is -2.15. The Balaban J connectivity index is 4.44. The van der Waals surface area contributed by atoms with Gasteiger partial charge >= 0.3 is 35.3 Å². The average Bonchev–Trinajstić information content (AvgIpc) is 2.34. The van der Waals surface area contributed by atoms with Crippen LogP contribution in [0.25, 0.3) is 0 Å². The van der Waals surface area contributed by atoms with Gasteiger partial charge in [-0.15, -0.1) is 0 Å². The molecule has 0 aliphatic rings. The van der Waals surface area contributed by atoms with E-state index in [9.17, 15) is 49.1 Å². The maximum absolute atomic E-state index is 12.7. The zero-order valence-corrected chi connectivity index (χ0v) is 11.3. The molecule has 136 valence electrons. The maximum atomic E-state index is 12.7. The number of hydrogen-bond acceptors (Lipinski definition) is 4. The predicted molar refractivity (Wildman–Crippen MR) is 53.3 cm³/mol. The van der Waals surface area contributed by atoms with Gasteiger partial charge in [0.2, 0.25) is 0 Å². The maximum Gasteiger partial charge on any atom is 0.460 e. The van der Waals surface area contributed by atoms with E-state index in [1.165, 1.54) is 0 Å². The van der Waals surface area contributed by atoms with Gasteiger partial charge in [-0.05, 0) is 11.6 Å². The Morgan fingerprint density at radius 2 is 1.17 bits per heavy atom. The minimum atomic E-state index is -6.71. The minimum Gasteiger partial charge on any atom is -0.461 e. The number of carbonyl (C=O) groups excluding carboxylic acids is 2. The molecule has 23 heavy (non-hydrogen) atoms. The lowest BCUT2D eigenvalue weighted by Gasteiger charge is -2.26. The van der Waals surface area contributed by atoms with Crippen molar-refractivity contribution >= 4 is 23.5 Å².